The largest absolute Gasteiger partial charge is 0.496 e. The molecule has 0 saturated heterocycles. The van der Waals surface area contributed by atoms with Crippen LogP contribution in [0.15, 0.2) is 60.9 Å². The molecule has 5 N–H and O–H groups in total. The molecule has 2 heterocycles. The molecule has 0 aliphatic carbocycles. The van der Waals surface area contributed by atoms with E-state index in [1.807, 2.05) is 24.3 Å². The maximum atomic E-state index is 15.2. The summed E-state index contributed by atoms with van der Waals surface area (Å²) >= 11 is 13.7. The van der Waals surface area contributed by atoms with E-state index in [1.54, 1.807) is 51.4 Å². The second kappa shape index (κ2) is 14.7. The van der Waals surface area contributed by atoms with E-state index in [0.717, 1.165) is 11.1 Å². The van der Waals surface area contributed by atoms with Crippen LogP contribution in [0.5, 0.6) is 5.75 Å². The van der Waals surface area contributed by atoms with Gasteiger partial charge < -0.3 is 30.9 Å². The third kappa shape index (κ3) is 7.74. The molecule has 8 nitrogen and oxygen atoms in total. The Bertz CT molecular complexity index is 1520. The summed E-state index contributed by atoms with van der Waals surface area (Å²) < 4.78 is 20.8. The van der Waals surface area contributed by atoms with Crippen molar-refractivity contribution in [2.24, 2.45) is 0 Å². The minimum absolute atomic E-state index is 0.0297. The smallest absolute Gasteiger partial charge is 0.170 e. The number of halogens is 3. The second-order valence-electron chi connectivity index (χ2n) is 9.93. The SMILES string of the molecule is COc1cc(-c2nccc(-c3cccc(Nc4nccc(CNC[C@H](C)O)c4F)c3Cl)c2Cl)ccc1CNC[C@H](C)O. The number of benzene rings is 2. The number of aromatic nitrogens is 2. The minimum atomic E-state index is -0.542. The van der Waals surface area contributed by atoms with Crippen molar-refractivity contribution < 1.29 is 19.3 Å². The summed E-state index contributed by atoms with van der Waals surface area (Å²) in [5.41, 5.74) is 4.39. The van der Waals surface area contributed by atoms with Crippen molar-refractivity contribution in [3.05, 3.63) is 87.9 Å². The number of rotatable bonds is 13. The molecule has 2 aromatic heterocycles. The third-order valence-electron chi connectivity index (χ3n) is 6.47. The standard InChI is InChI=1S/C31H34Cl2FN5O3/c1-18(40)14-35-16-21-8-7-20(13-26(21)42-3)30-28(33)24(10-12-37-30)23-5-4-6-25(27(23)32)39-31-29(34)22(9-11-38-31)17-36-15-19(2)41/h4-13,18-19,35-36,40-41H,14-17H2,1-3H3,(H,38,39)/t18-,19-/m0/s1. The van der Waals surface area contributed by atoms with Crippen LogP contribution in [0.25, 0.3) is 22.4 Å². The molecular formula is C31H34Cl2FN5O3. The molecule has 222 valence electrons. The fraction of sp³-hybridized carbons (Fsp3) is 0.290. The number of aliphatic hydroxyl groups is 2. The molecule has 42 heavy (non-hydrogen) atoms. The molecule has 4 aromatic rings. The van der Waals surface area contributed by atoms with Crippen LogP contribution in [-0.2, 0) is 13.1 Å². The molecule has 4 rings (SSSR count). The van der Waals surface area contributed by atoms with E-state index < -0.39 is 18.0 Å². The van der Waals surface area contributed by atoms with Crippen LogP contribution >= 0.6 is 23.2 Å². The number of hydrogen-bond donors (Lipinski definition) is 5. The molecule has 0 fully saturated rings. The van der Waals surface area contributed by atoms with Gasteiger partial charge in [-0.15, -0.1) is 0 Å². The van der Waals surface area contributed by atoms with Crippen molar-refractivity contribution in [2.45, 2.75) is 39.1 Å². The lowest BCUT2D eigenvalue weighted by molar-refractivity contribution is 0.190. The van der Waals surface area contributed by atoms with Gasteiger partial charge in [0.15, 0.2) is 11.6 Å². The molecule has 0 bridgehead atoms. The van der Waals surface area contributed by atoms with Gasteiger partial charge in [0.2, 0.25) is 0 Å². The minimum Gasteiger partial charge on any atom is -0.496 e. The number of pyridine rings is 2. The summed E-state index contributed by atoms with van der Waals surface area (Å²) in [6.45, 7) is 4.95. The van der Waals surface area contributed by atoms with E-state index in [0.29, 0.717) is 63.5 Å². The Morgan fingerprint density at radius 2 is 1.52 bits per heavy atom. The van der Waals surface area contributed by atoms with Gasteiger partial charge in [0, 0.05) is 66.4 Å². The van der Waals surface area contributed by atoms with Gasteiger partial charge >= 0.3 is 0 Å². The van der Waals surface area contributed by atoms with Crippen LogP contribution in [0.2, 0.25) is 10.0 Å². The van der Waals surface area contributed by atoms with Crippen LogP contribution in [0.1, 0.15) is 25.0 Å². The van der Waals surface area contributed by atoms with E-state index in [1.165, 1.54) is 6.20 Å². The maximum Gasteiger partial charge on any atom is 0.170 e. The Morgan fingerprint density at radius 3 is 2.21 bits per heavy atom. The highest BCUT2D eigenvalue weighted by molar-refractivity contribution is 6.39. The van der Waals surface area contributed by atoms with Gasteiger partial charge in [0.05, 0.1) is 40.7 Å². The van der Waals surface area contributed by atoms with E-state index in [9.17, 15) is 10.2 Å². The zero-order chi connectivity index (χ0) is 30.2. The molecular weight excluding hydrogens is 580 g/mol. The Labute approximate surface area is 254 Å². The number of methoxy groups -OCH3 is 1. The van der Waals surface area contributed by atoms with Crippen LogP contribution in [0.4, 0.5) is 15.9 Å². The average Bonchev–Trinajstić information content (AvgIpc) is 2.96. The van der Waals surface area contributed by atoms with Gasteiger partial charge in [0.25, 0.3) is 0 Å². The van der Waals surface area contributed by atoms with Crippen LogP contribution in [-0.4, -0.2) is 52.6 Å². The maximum absolute atomic E-state index is 15.2. The average molecular weight is 615 g/mol. The quantitative estimate of drug-likeness (QED) is 0.126. The Morgan fingerprint density at radius 1 is 0.857 bits per heavy atom. The summed E-state index contributed by atoms with van der Waals surface area (Å²) in [7, 11) is 1.60. The first-order valence-corrected chi connectivity index (χ1v) is 14.2. The fourth-order valence-corrected chi connectivity index (χ4v) is 4.99. The Kier molecular flexibility index (Phi) is 11.1. The Hall–Kier alpha value is -3.31. The number of nitrogens with zero attached hydrogens (tertiary/aromatic N) is 2. The number of nitrogens with one attached hydrogen (secondary N) is 3. The van der Waals surface area contributed by atoms with E-state index >= 15 is 4.39 Å². The van der Waals surface area contributed by atoms with Crippen molar-refractivity contribution in [3.63, 3.8) is 0 Å². The highest BCUT2D eigenvalue weighted by Gasteiger charge is 2.18. The predicted octanol–water partition coefficient (Wildman–Crippen LogP) is 5.95. The van der Waals surface area contributed by atoms with Crippen molar-refractivity contribution in [1.29, 1.82) is 0 Å². The number of hydrogen-bond acceptors (Lipinski definition) is 8. The van der Waals surface area contributed by atoms with Gasteiger partial charge in [-0.05, 0) is 38.1 Å². The summed E-state index contributed by atoms with van der Waals surface area (Å²) in [6, 6.07) is 14.4. The number of aliphatic hydroxyl groups excluding tert-OH is 2. The molecule has 0 aliphatic heterocycles. The monoisotopic (exact) mass is 613 g/mol. The lowest BCUT2D eigenvalue weighted by Gasteiger charge is -2.16. The first-order valence-electron chi connectivity index (χ1n) is 13.5. The summed E-state index contributed by atoms with van der Waals surface area (Å²) in [5, 5.41) is 28.9. The molecule has 2 aromatic carbocycles. The summed E-state index contributed by atoms with van der Waals surface area (Å²) in [6.07, 6.45) is 2.17. The van der Waals surface area contributed by atoms with E-state index in [2.05, 4.69) is 25.9 Å². The predicted molar refractivity (Wildman–Crippen MR) is 166 cm³/mol. The van der Waals surface area contributed by atoms with Crippen molar-refractivity contribution in [1.82, 2.24) is 20.6 Å². The van der Waals surface area contributed by atoms with Gasteiger partial charge in [-0.3, -0.25) is 4.98 Å². The number of ether oxygens (including phenoxy) is 1. The first kappa shape index (κ1) is 31.6. The van der Waals surface area contributed by atoms with Gasteiger partial charge in [-0.25, -0.2) is 9.37 Å². The van der Waals surface area contributed by atoms with Gasteiger partial charge in [0.1, 0.15) is 5.75 Å². The summed E-state index contributed by atoms with van der Waals surface area (Å²) in [5.74, 6) is 0.178. The number of anilines is 2. The van der Waals surface area contributed by atoms with E-state index in [-0.39, 0.29) is 12.4 Å². The molecule has 0 spiro atoms. The van der Waals surface area contributed by atoms with Crippen LogP contribution < -0.4 is 20.7 Å². The highest BCUT2D eigenvalue weighted by Crippen LogP contribution is 2.41. The van der Waals surface area contributed by atoms with Gasteiger partial charge in [-0.2, -0.15) is 0 Å². The van der Waals surface area contributed by atoms with Crippen LogP contribution in [0.3, 0.4) is 0 Å². The van der Waals surface area contributed by atoms with Gasteiger partial charge in [-0.1, -0.05) is 47.5 Å². The molecule has 0 aliphatic rings. The van der Waals surface area contributed by atoms with Crippen molar-refractivity contribution in [2.75, 3.05) is 25.5 Å². The lowest BCUT2D eigenvalue weighted by atomic mass is 10.0. The zero-order valence-electron chi connectivity index (χ0n) is 23.6. The molecule has 0 radical (unpaired) electrons. The lowest BCUT2D eigenvalue weighted by Crippen LogP contribution is -2.24. The second-order valence-corrected chi connectivity index (χ2v) is 10.7. The molecule has 0 unspecified atom stereocenters. The fourth-order valence-electron chi connectivity index (χ4n) is 4.39. The molecule has 0 saturated carbocycles. The summed E-state index contributed by atoms with van der Waals surface area (Å²) in [4.78, 5) is 8.68. The van der Waals surface area contributed by atoms with Crippen molar-refractivity contribution >= 4 is 34.7 Å². The van der Waals surface area contributed by atoms with Crippen molar-refractivity contribution in [3.8, 4) is 28.1 Å². The highest BCUT2D eigenvalue weighted by atomic mass is 35.5. The first-order chi connectivity index (χ1) is 20.2. The van der Waals surface area contributed by atoms with Crippen LogP contribution in [0, 0.1) is 5.82 Å². The Balaban J connectivity index is 1.61. The molecule has 11 heteroatoms. The molecule has 0 amide bonds. The van der Waals surface area contributed by atoms with E-state index in [4.69, 9.17) is 27.9 Å². The topological polar surface area (TPSA) is 112 Å². The normalized spacial score (nSPS) is 12.7. The third-order valence-corrected chi connectivity index (χ3v) is 7.26. The molecule has 2 atom stereocenters. The zero-order valence-corrected chi connectivity index (χ0v) is 25.1.